The van der Waals surface area contributed by atoms with Gasteiger partial charge in [-0.2, -0.15) is 0 Å². The van der Waals surface area contributed by atoms with E-state index in [-0.39, 0.29) is 41.5 Å². The molecule has 0 N–H and O–H groups in total. The van der Waals surface area contributed by atoms with Crippen molar-refractivity contribution in [2.45, 2.75) is 115 Å². The molecule has 0 saturated heterocycles. The summed E-state index contributed by atoms with van der Waals surface area (Å²) in [7, 11) is -0.978. The van der Waals surface area contributed by atoms with E-state index in [1.54, 1.807) is 14.2 Å². The van der Waals surface area contributed by atoms with Crippen LogP contribution in [0.2, 0.25) is 0 Å². The molecule has 0 aliphatic carbocycles. The van der Waals surface area contributed by atoms with Crippen molar-refractivity contribution in [3.05, 3.63) is 0 Å². The smallest absolute Gasteiger partial charge is 0.748 e. The van der Waals surface area contributed by atoms with E-state index in [2.05, 4.69) is 6.92 Å². The fourth-order valence-corrected chi connectivity index (χ4v) is 3.68. The van der Waals surface area contributed by atoms with Gasteiger partial charge in [-0.05, 0) is 26.2 Å². The molecule has 0 fully saturated rings. The molecule has 0 saturated carbocycles. The Labute approximate surface area is 248 Å². The number of esters is 2. The largest absolute Gasteiger partial charge is 1.00 e. The van der Waals surface area contributed by atoms with Crippen molar-refractivity contribution in [2.75, 3.05) is 40.6 Å². The number of methoxy groups -OCH3 is 2. The third-order valence-corrected chi connectivity index (χ3v) is 6.79. The van der Waals surface area contributed by atoms with Gasteiger partial charge in [0.15, 0.2) is 0 Å². The zero-order valence-electron chi connectivity index (χ0n) is 24.1. The Morgan fingerprint density at radius 3 is 1.43 bits per heavy atom. The van der Waals surface area contributed by atoms with Crippen LogP contribution in [0.15, 0.2) is 0 Å². The standard InChI is InChI=1S/C14H28O6S.C12H24O3.Na/c1-13(21(16,17)18)9-7-5-3-4-6-8-10-14(15)20-12-11-19-2;1-3-4-5-6-7-8-9-12(13)15-11-10-14-2;/h13H,3-12H2,1-2H3,(H,16,17,18);3-11H2,1-2H3;/q;;+1/p-1. The molecule has 1 unspecified atom stereocenters. The molecule has 0 aliphatic rings. The third-order valence-electron chi connectivity index (χ3n) is 5.57. The minimum Gasteiger partial charge on any atom is -0.748 e. The van der Waals surface area contributed by atoms with Gasteiger partial charge in [0.1, 0.15) is 13.2 Å². The van der Waals surface area contributed by atoms with Gasteiger partial charge < -0.3 is 23.5 Å². The van der Waals surface area contributed by atoms with Gasteiger partial charge in [-0.15, -0.1) is 0 Å². The Bertz CT molecular complexity index is 615. The summed E-state index contributed by atoms with van der Waals surface area (Å²) in [5.74, 6) is -0.288. The molecule has 0 aromatic heterocycles. The maximum atomic E-state index is 11.3. The molecule has 11 heteroatoms. The molecule has 216 valence electrons. The van der Waals surface area contributed by atoms with E-state index in [9.17, 15) is 22.6 Å². The Morgan fingerprint density at radius 1 is 0.676 bits per heavy atom. The maximum absolute atomic E-state index is 11.3. The Hall–Kier alpha value is -0.230. The first kappa shape index (κ1) is 41.3. The molecular formula is C26H51NaO9S. The van der Waals surface area contributed by atoms with Crippen LogP contribution < -0.4 is 29.6 Å². The molecule has 1 atom stereocenters. The third kappa shape index (κ3) is 33.7. The Kier molecular flexibility index (Phi) is 33.8. The summed E-state index contributed by atoms with van der Waals surface area (Å²) in [5.41, 5.74) is 0. The van der Waals surface area contributed by atoms with E-state index < -0.39 is 15.4 Å². The van der Waals surface area contributed by atoms with Gasteiger partial charge in [-0.25, -0.2) is 8.42 Å². The van der Waals surface area contributed by atoms with Crippen molar-refractivity contribution < 1.29 is 71.1 Å². The van der Waals surface area contributed by atoms with Gasteiger partial charge in [0.05, 0.1) is 23.3 Å². The molecule has 0 amide bonds. The van der Waals surface area contributed by atoms with Crippen molar-refractivity contribution in [1.82, 2.24) is 0 Å². The summed E-state index contributed by atoms with van der Waals surface area (Å²) in [5, 5.41) is -0.792. The van der Waals surface area contributed by atoms with E-state index in [4.69, 9.17) is 18.9 Å². The normalized spacial score (nSPS) is 11.6. The predicted octanol–water partition coefficient (Wildman–Crippen LogP) is 2.16. The number of ether oxygens (including phenoxy) is 4. The van der Waals surface area contributed by atoms with E-state index in [0.29, 0.717) is 45.7 Å². The van der Waals surface area contributed by atoms with E-state index in [1.165, 1.54) is 32.6 Å². The molecule has 0 rings (SSSR count). The van der Waals surface area contributed by atoms with Gasteiger partial charge in [-0.1, -0.05) is 71.1 Å². The molecule has 0 aliphatic heterocycles. The summed E-state index contributed by atoms with van der Waals surface area (Å²) in [6, 6.07) is 0. The van der Waals surface area contributed by atoms with Gasteiger partial charge in [-0.3, -0.25) is 9.59 Å². The zero-order chi connectivity index (χ0) is 27.5. The van der Waals surface area contributed by atoms with Crippen molar-refractivity contribution >= 4 is 22.1 Å². The van der Waals surface area contributed by atoms with E-state index in [1.807, 2.05) is 0 Å². The van der Waals surface area contributed by atoms with Gasteiger partial charge in [0.2, 0.25) is 0 Å². The fourth-order valence-electron chi connectivity index (χ4n) is 3.22. The van der Waals surface area contributed by atoms with Crippen LogP contribution >= 0.6 is 0 Å². The van der Waals surface area contributed by atoms with Gasteiger partial charge in [0, 0.05) is 32.3 Å². The first-order valence-corrected chi connectivity index (χ1v) is 14.9. The average Bonchev–Trinajstić information content (AvgIpc) is 2.83. The van der Waals surface area contributed by atoms with Crippen LogP contribution in [0.5, 0.6) is 0 Å². The SMILES string of the molecule is CCCCCCCCC(=O)OCCOC.COCCOC(=O)CCCCCCCCC(C)S(=O)(=O)[O-].[Na+]. The van der Waals surface area contributed by atoms with Gasteiger partial charge >= 0.3 is 41.5 Å². The van der Waals surface area contributed by atoms with Crippen molar-refractivity contribution in [3.63, 3.8) is 0 Å². The van der Waals surface area contributed by atoms with Crippen LogP contribution in [0, 0.1) is 0 Å². The predicted molar refractivity (Wildman–Crippen MR) is 140 cm³/mol. The van der Waals surface area contributed by atoms with Crippen LogP contribution in [0.3, 0.4) is 0 Å². The molecule has 9 nitrogen and oxygen atoms in total. The first-order chi connectivity index (χ1) is 17.2. The molecule has 0 heterocycles. The zero-order valence-corrected chi connectivity index (χ0v) is 26.9. The second-order valence-corrected chi connectivity index (χ2v) is 10.7. The summed E-state index contributed by atoms with van der Waals surface area (Å²) < 4.78 is 51.5. The molecule has 37 heavy (non-hydrogen) atoms. The minimum atomic E-state index is -4.13. The summed E-state index contributed by atoms with van der Waals surface area (Å²) in [6.45, 7) is 5.25. The summed E-state index contributed by atoms with van der Waals surface area (Å²) >= 11 is 0. The number of carbonyl (C=O) groups is 2. The molecular weight excluding hydrogens is 511 g/mol. The monoisotopic (exact) mass is 562 g/mol. The first-order valence-electron chi connectivity index (χ1n) is 13.4. The topological polar surface area (TPSA) is 128 Å². The number of rotatable bonds is 23. The summed E-state index contributed by atoms with van der Waals surface area (Å²) in [6.07, 6.45) is 14.0. The quantitative estimate of drug-likeness (QED) is 0.0796. The molecule has 0 radical (unpaired) electrons. The van der Waals surface area contributed by atoms with Crippen LogP contribution in [-0.2, 0) is 38.7 Å². The van der Waals surface area contributed by atoms with Crippen molar-refractivity contribution in [1.29, 1.82) is 0 Å². The van der Waals surface area contributed by atoms with Crippen LogP contribution in [0.4, 0.5) is 0 Å². The van der Waals surface area contributed by atoms with E-state index >= 15 is 0 Å². The Morgan fingerprint density at radius 2 is 1.05 bits per heavy atom. The number of hydrogen-bond acceptors (Lipinski definition) is 9. The van der Waals surface area contributed by atoms with Gasteiger partial charge in [0.25, 0.3) is 0 Å². The second kappa shape index (κ2) is 30.3. The number of carbonyl (C=O) groups excluding carboxylic acids is 2. The Balaban J connectivity index is -0.000000641. The number of unbranched alkanes of at least 4 members (excludes halogenated alkanes) is 10. The maximum Gasteiger partial charge on any atom is 1.00 e. The fraction of sp³-hybridized carbons (Fsp3) is 0.923. The molecule has 0 aromatic carbocycles. The second-order valence-electron chi connectivity index (χ2n) is 8.91. The minimum absolute atomic E-state index is 0. The number of hydrogen-bond donors (Lipinski definition) is 0. The summed E-state index contributed by atoms with van der Waals surface area (Å²) in [4.78, 5) is 22.4. The molecule has 0 bridgehead atoms. The van der Waals surface area contributed by atoms with Crippen LogP contribution in [0.1, 0.15) is 110 Å². The van der Waals surface area contributed by atoms with E-state index in [0.717, 1.165) is 51.4 Å². The molecule has 0 aromatic rings. The van der Waals surface area contributed by atoms with Crippen molar-refractivity contribution in [3.8, 4) is 0 Å². The van der Waals surface area contributed by atoms with Crippen LogP contribution in [-0.4, -0.2) is 70.8 Å². The van der Waals surface area contributed by atoms with Crippen molar-refractivity contribution in [2.24, 2.45) is 0 Å². The average molecular weight is 563 g/mol. The van der Waals surface area contributed by atoms with Crippen LogP contribution in [0.25, 0.3) is 0 Å². The molecule has 0 spiro atoms.